The van der Waals surface area contributed by atoms with Crippen LogP contribution in [0.15, 0.2) is 48.5 Å². The normalized spacial score (nSPS) is 10.3. The third kappa shape index (κ3) is 6.22. The SMILES string of the molecule is CN(C)C(=O)c1ccc(CCC(=O)NCCc2ccc([N+](=O)[O-])cc2)cc1. The van der Waals surface area contributed by atoms with Crippen molar-refractivity contribution in [2.45, 2.75) is 19.3 Å². The van der Waals surface area contributed by atoms with Crippen LogP contribution in [0.3, 0.4) is 0 Å². The summed E-state index contributed by atoms with van der Waals surface area (Å²) in [7, 11) is 3.41. The Kier molecular flexibility index (Phi) is 7.05. The summed E-state index contributed by atoms with van der Waals surface area (Å²) in [6.45, 7) is 0.479. The van der Waals surface area contributed by atoms with Crippen molar-refractivity contribution >= 4 is 17.5 Å². The summed E-state index contributed by atoms with van der Waals surface area (Å²) in [6.07, 6.45) is 1.58. The minimum absolute atomic E-state index is 0.0504. The lowest BCUT2D eigenvalue weighted by molar-refractivity contribution is -0.384. The topological polar surface area (TPSA) is 92.6 Å². The molecule has 0 aliphatic heterocycles. The maximum atomic E-state index is 12.0. The van der Waals surface area contributed by atoms with Crippen LogP contribution in [0, 0.1) is 10.1 Å². The van der Waals surface area contributed by atoms with E-state index in [1.54, 1.807) is 38.4 Å². The fourth-order valence-corrected chi connectivity index (χ4v) is 2.55. The molecule has 142 valence electrons. The van der Waals surface area contributed by atoms with Crippen LogP contribution in [0.1, 0.15) is 27.9 Å². The van der Waals surface area contributed by atoms with Gasteiger partial charge in [0.15, 0.2) is 0 Å². The summed E-state index contributed by atoms with van der Waals surface area (Å²) in [5, 5.41) is 13.5. The van der Waals surface area contributed by atoms with Gasteiger partial charge < -0.3 is 10.2 Å². The van der Waals surface area contributed by atoms with E-state index in [1.807, 2.05) is 12.1 Å². The molecule has 0 heterocycles. The molecule has 2 amide bonds. The fourth-order valence-electron chi connectivity index (χ4n) is 2.55. The highest BCUT2D eigenvalue weighted by Gasteiger charge is 2.08. The number of benzene rings is 2. The van der Waals surface area contributed by atoms with Crippen molar-refractivity contribution in [3.05, 3.63) is 75.3 Å². The van der Waals surface area contributed by atoms with Gasteiger partial charge >= 0.3 is 0 Å². The van der Waals surface area contributed by atoms with Crippen molar-refractivity contribution in [1.29, 1.82) is 0 Å². The van der Waals surface area contributed by atoms with E-state index >= 15 is 0 Å². The van der Waals surface area contributed by atoms with Gasteiger partial charge in [-0.2, -0.15) is 0 Å². The zero-order valence-corrected chi connectivity index (χ0v) is 15.5. The molecule has 2 aromatic carbocycles. The molecule has 0 fully saturated rings. The molecule has 2 aromatic rings. The third-order valence-electron chi connectivity index (χ3n) is 4.13. The van der Waals surface area contributed by atoms with Crippen LogP contribution in [0.5, 0.6) is 0 Å². The minimum Gasteiger partial charge on any atom is -0.356 e. The quantitative estimate of drug-likeness (QED) is 0.572. The number of nitro groups is 1. The van der Waals surface area contributed by atoms with E-state index < -0.39 is 4.92 Å². The number of carbonyl (C=O) groups excluding carboxylic acids is 2. The maximum Gasteiger partial charge on any atom is 0.269 e. The van der Waals surface area contributed by atoms with Gasteiger partial charge in [0.1, 0.15) is 0 Å². The average molecular weight is 369 g/mol. The number of amides is 2. The smallest absolute Gasteiger partial charge is 0.269 e. The average Bonchev–Trinajstić information content (AvgIpc) is 2.66. The summed E-state index contributed by atoms with van der Waals surface area (Å²) in [5.41, 5.74) is 2.61. The molecule has 0 saturated carbocycles. The van der Waals surface area contributed by atoms with E-state index in [2.05, 4.69) is 5.32 Å². The first-order valence-corrected chi connectivity index (χ1v) is 8.67. The summed E-state index contributed by atoms with van der Waals surface area (Å²) >= 11 is 0. The Balaban J connectivity index is 1.73. The van der Waals surface area contributed by atoms with Crippen LogP contribution in [0.4, 0.5) is 5.69 Å². The largest absolute Gasteiger partial charge is 0.356 e. The second-order valence-electron chi connectivity index (χ2n) is 6.42. The number of rotatable bonds is 8. The Hall–Kier alpha value is -3.22. The van der Waals surface area contributed by atoms with Gasteiger partial charge in [0.25, 0.3) is 11.6 Å². The molecule has 2 rings (SSSR count). The van der Waals surface area contributed by atoms with Gasteiger partial charge in [-0.1, -0.05) is 24.3 Å². The Morgan fingerprint density at radius 3 is 2.07 bits per heavy atom. The third-order valence-corrected chi connectivity index (χ3v) is 4.13. The molecule has 1 N–H and O–H groups in total. The molecule has 0 bridgehead atoms. The van der Waals surface area contributed by atoms with E-state index in [0.717, 1.165) is 11.1 Å². The second kappa shape index (κ2) is 9.47. The summed E-state index contributed by atoms with van der Waals surface area (Å²) in [4.78, 5) is 35.5. The predicted octanol–water partition coefficient (Wildman–Crippen LogP) is 2.59. The van der Waals surface area contributed by atoms with Gasteiger partial charge in [-0.3, -0.25) is 19.7 Å². The molecule has 0 radical (unpaired) electrons. The zero-order valence-electron chi connectivity index (χ0n) is 15.5. The van der Waals surface area contributed by atoms with Gasteiger partial charge in [-0.25, -0.2) is 0 Å². The standard InChI is InChI=1S/C20H23N3O4/c1-22(2)20(25)17-8-3-15(4-9-17)7-12-19(24)21-14-13-16-5-10-18(11-6-16)23(26)27/h3-6,8-11H,7,12-14H2,1-2H3,(H,21,24). The molecule has 0 aliphatic carbocycles. The van der Waals surface area contributed by atoms with Gasteiger partial charge in [0.05, 0.1) is 4.92 Å². The van der Waals surface area contributed by atoms with E-state index in [1.165, 1.54) is 17.0 Å². The van der Waals surface area contributed by atoms with Crippen LogP contribution >= 0.6 is 0 Å². The van der Waals surface area contributed by atoms with E-state index in [-0.39, 0.29) is 17.5 Å². The van der Waals surface area contributed by atoms with Crippen molar-refractivity contribution in [2.75, 3.05) is 20.6 Å². The zero-order chi connectivity index (χ0) is 19.8. The molecule has 0 atom stereocenters. The molecule has 0 unspecified atom stereocenters. The number of carbonyl (C=O) groups is 2. The van der Waals surface area contributed by atoms with Gasteiger partial charge in [-0.05, 0) is 36.1 Å². The number of non-ortho nitro benzene ring substituents is 1. The molecule has 7 nitrogen and oxygen atoms in total. The highest BCUT2D eigenvalue weighted by Crippen LogP contribution is 2.12. The number of nitro benzene ring substituents is 1. The van der Waals surface area contributed by atoms with E-state index in [9.17, 15) is 19.7 Å². The fraction of sp³-hybridized carbons (Fsp3) is 0.300. The second-order valence-corrected chi connectivity index (χ2v) is 6.42. The molecule has 0 aromatic heterocycles. The number of nitrogens with zero attached hydrogens (tertiary/aromatic N) is 2. The molecular formula is C20H23N3O4. The Morgan fingerprint density at radius 1 is 0.963 bits per heavy atom. The van der Waals surface area contributed by atoms with Crippen molar-refractivity contribution in [1.82, 2.24) is 10.2 Å². The molecule has 27 heavy (non-hydrogen) atoms. The highest BCUT2D eigenvalue weighted by atomic mass is 16.6. The first-order chi connectivity index (χ1) is 12.9. The Morgan fingerprint density at radius 2 is 1.52 bits per heavy atom. The highest BCUT2D eigenvalue weighted by molar-refractivity contribution is 5.93. The predicted molar refractivity (Wildman–Crippen MR) is 103 cm³/mol. The van der Waals surface area contributed by atoms with Crippen LogP contribution < -0.4 is 5.32 Å². The van der Waals surface area contributed by atoms with Gasteiger partial charge in [0, 0.05) is 44.8 Å². The molecule has 0 spiro atoms. The lowest BCUT2D eigenvalue weighted by Crippen LogP contribution is -2.25. The summed E-state index contributed by atoms with van der Waals surface area (Å²) in [5.74, 6) is -0.101. The number of nitrogens with one attached hydrogen (secondary N) is 1. The molecule has 0 saturated heterocycles. The van der Waals surface area contributed by atoms with Crippen LogP contribution in [-0.2, 0) is 17.6 Å². The molecule has 7 heteroatoms. The number of hydrogen-bond acceptors (Lipinski definition) is 4. The van der Waals surface area contributed by atoms with E-state index in [0.29, 0.717) is 31.4 Å². The summed E-state index contributed by atoms with van der Waals surface area (Å²) < 4.78 is 0. The maximum absolute atomic E-state index is 12.0. The van der Waals surface area contributed by atoms with Crippen LogP contribution in [0.2, 0.25) is 0 Å². The summed E-state index contributed by atoms with van der Waals surface area (Å²) in [6, 6.07) is 13.6. The number of aryl methyl sites for hydroxylation is 1. The Labute approximate surface area is 158 Å². The van der Waals surface area contributed by atoms with Crippen LogP contribution in [-0.4, -0.2) is 42.3 Å². The lowest BCUT2D eigenvalue weighted by atomic mass is 10.1. The van der Waals surface area contributed by atoms with Crippen LogP contribution in [0.25, 0.3) is 0 Å². The monoisotopic (exact) mass is 369 g/mol. The minimum atomic E-state index is -0.436. The lowest BCUT2D eigenvalue weighted by Gasteiger charge is -2.10. The van der Waals surface area contributed by atoms with Crippen molar-refractivity contribution in [3.63, 3.8) is 0 Å². The van der Waals surface area contributed by atoms with E-state index in [4.69, 9.17) is 0 Å². The first-order valence-electron chi connectivity index (χ1n) is 8.67. The van der Waals surface area contributed by atoms with Crippen molar-refractivity contribution in [2.24, 2.45) is 0 Å². The number of hydrogen-bond donors (Lipinski definition) is 1. The van der Waals surface area contributed by atoms with Gasteiger partial charge in [0.2, 0.25) is 5.91 Å². The van der Waals surface area contributed by atoms with Gasteiger partial charge in [-0.15, -0.1) is 0 Å². The molecule has 0 aliphatic rings. The van der Waals surface area contributed by atoms with Crippen molar-refractivity contribution < 1.29 is 14.5 Å². The van der Waals surface area contributed by atoms with Crippen molar-refractivity contribution in [3.8, 4) is 0 Å². The Bertz CT molecular complexity index is 799. The first kappa shape index (κ1) is 20.1. The molecular weight excluding hydrogens is 346 g/mol.